The van der Waals surface area contributed by atoms with Crippen molar-refractivity contribution < 1.29 is 14.2 Å². The minimum Gasteiger partial charge on any atom is -0.497 e. The summed E-state index contributed by atoms with van der Waals surface area (Å²) in [6.07, 6.45) is 3.51. The maximum atomic E-state index is 5.98. The van der Waals surface area contributed by atoms with Gasteiger partial charge in [-0.15, -0.1) is 0 Å². The molecule has 0 radical (unpaired) electrons. The van der Waals surface area contributed by atoms with Crippen molar-refractivity contribution in [3.63, 3.8) is 0 Å². The van der Waals surface area contributed by atoms with E-state index in [2.05, 4.69) is 9.97 Å². The van der Waals surface area contributed by atoms with Crippen LogP contribution in [0.25, 0.3) is 22.5 Å². The lowest BCUT2D eigenvalue weighted by atomic mass is 10.0. The van der Waals surface area contributed by atoms with Gasteiger partial charge in [-0.3, -0.25) is 9.97 Å². The molecule has 2 aromatic heterocycles. The molecule has 0 bridgehead atoms. The summed E-state index contributed by atoms with van der Waals surface area (Å²) in [4.78, 5) is 8.94. The van der Waals surface area contributed by atoms with Crippen LogP contribution >= 0.6 is 0 Å². The Morgan fingerprint density at radius 3 is 2.00 bits per heavy atom. The predicted molar refractivity (Wildman–Crippen MR) is 102 cm³/mol. The number of benzene rings is 1. The molecule has 0 aliphatic carbocycles. The Morgan fingerprint density at radius 1 is 0.769 bits per heavy atom. The molecule has 1 aromatic carbocycles. The average Bonchev–Trinajstić information content (AvgIpc) is 2.68. The van der Waals surface area contributed by atoms with Crippen molar-refractivity contribution in [3.05, 3.63) is 54.9 Å². The maximum absolute atomic E-state index is 5.98. The van der Waals surface area contributed by atoms with Crippen LogP contribution in [0.5, 0.6) is 17.2 Å². The number of nitrogens with zero attached hydrogens (tertiary/aromatic N) is 2. The topological polar surface area (TPSA) is 53.5 Å². The molecule has 0 N–H and O–H groups in total. The van der Waals surface area contributed by atoms with Gasteiger partial charge < -0.3 is 14.2 Å². The number of rotatable bonds is 6. The minimum absolute atomic E-state index is 0.0557. The normalized spacial score (nSPS) is 10.7. The average molecular weight is 350 g/mol. The molecule has 5 nitrogen and oxygen atoms in total. The second kappa shape index (κ2) is 7.87. The standard InChI is InChI=1S/C21H22N2O3/c1-14(2)26-21-6-5-15(19-12-16(24-3)7-9-22-19)11-18(21)20-13-17(25-4)8-10-23-20/h5-14H,1-4H3. The van der Waals surface area contributed by atoms with Crippen molar-refractivity contribution in [1.29, 1.82) is 0 Å². The summed E-state index contributed by atoms with van der Waals surface area (Å²) in [6.45, 7) is 4.00. The Bertz CT molecular complexity index is 894. The molecule has 0 unspecified atom stereocenters. The molecule has 3 aromatic rings. The molecule has 134 valence electrons. The lowest BCUT2D eigenvalue weighted by Crippen LogP contribution is -2.07. The zero-order valence-corrected chi connectivity index (χ0v) is 15.4. The molecule has 5 heteroatoms. The van der Waals surface area contributed by atoms with Crippen LogP contribution in [0.4, 0.5) is 0 Å². The molecular weight excluding hydrogens is 328 g/mol. The Hall–Kier alpha value is -3.08. The van der Waals surface area contributed by atoms with Crippen LogP contribution in [0, 0.1) is 0 Å². The van der Waals surface area contributed by atoms with E-state index in [1.807, 2.05) is 56.3 Å². The highest BCUT2D eigenvalue weighted by Gasteiger charge is 2.13. The van der Waals surface area contributed by atoms with Crippen molar-refractivity contribution in [2.45, 2.75) is 20.0 Å². The summed E-state index contributed by atoms with van der Waals surface area (Å²) in [6, 6.07) is 13.4. The first-order valence-electron chi connectivity index (χ1n) is 8.42. The predicted octanol–water partition coefficient (Wildman–Crippen LogP) is 4.62. The van der Waals surface area contributed by atoms with Crippen molar-refractivity contribution >= 4 is 0 Å². The lowest BCUT2D eigenvalue weighted by molar-refractivity contribution is 0.243. The zero-order valence-electron chi connectivity index (χ0n) is 15.4. The maximum Gasteiger partial charge on any atom is 0.129 e. The van der Waals surface area contributed by atoms with E-state index >= 15 is 0 Å². The number of hydrogen-bond acceptors (Lipinski definition) is 5. The van der Waals surface area contributed by atoms with Gasteiger partial charge in [0, 0.05) is 35.7 Å². The minimum atomic E-state index is 0.0557. The van der Waals surface area contributed by atoms with Crippen molar-refractivity contribution in [2.75, 3.05) is 14.2 Å². The molecule has 0 aliphatic rings. The Balaban J connectivity index is 2.12. The van der Waals surface area contributed by atoms with Crippen LogP contribution < -0.4 is 14.2 Å². The van der Waals surface area contributed by atoms with E-state index in [9.17, 15) is 0 Å². The molecule has 2 heterocycles. The Morgan fingerprint density at radius 2 is 1.38 bits per heavy atom. The lowest BCUT2D eigenvalue weighted by Gasteiger charge is -2.16. The van der Waals surface area contributed by atoms with Crippen LogP contribution in [-0.4, -0.2) is 30.3 Å². The van der Waals surface area contributed by atoms with Gasteiger partial charge in [0.05, 0.1) is 31.7 Å². The van der Waals surface area contributed by atoms with Gasteiger partial charge in [0.15, 0.2) is 0 Å². The van der Waals surface area contributed by atoms with Crippen molar-refractivity contribution in [3.8, 4) is 39.8 Å². The number of hydrogen-bond donors (Lipinski definition) is 0. The van der Waals surface area contributed by atoms with E-state index in [1.54, 1.807) is 26.6 Å². The third kappa shape index (κ3) is 3.94. The highest BCUT2D eigenvalue weighted by Crippen LogP contribution is 2.35. The van der Waals surface area contributed by atoms with Crippen LogP contribution in [0.1, 0.15) is 13.8 Å². The van der Waals surface area contributed by atoms with E-state index in [-0.39, 0.29) is 6.10 Å². The van der Waals surface area contributed by atoms with Gasteiger partial charge in [-0.05, 0) is 44.2 Å². The molecule has 0 saturated heterocycles. The molecule has 0 saturated carbocycles. The van der Waals surface area contributed by atoms with Gasteiger partial charge in [-0.1, -0.05) is 0 Å². The molecule has 3 rings (SSSR count). The van der Waals surface area contributed by atoms with Crippen molar-refractivity contribution in [2.24, 2.45) is 0 Å². The number of ether oxygens (including phenoxy) is 3. The summed E-state index contributed by atoms with van der Waals surface area (Å²) >= 11 is 0. The first-order chi connectivity index (χ1) is 12.6. The summed E-state index contributed by atoms with van der Waals surface area (Å²) < 4.78 is 16.6. The molecule has 0 amide bonds. The summed E-state index contributed by atoms with van der Waals surface area (Å²) in [5.74, 6) is 2.28. The van der Waals surface area contributed by atoms with Crippen LogP contribution in [0.2, 0.25) is 0 Å². The van der Waals surface area contributed by atoms with E-state index in [0.29, 0.717) is 0 Å². The summed E-state index contributed by atoms with van der Waals surface area (Å²) in [7, 11) is 3.28. The highest BCUT2D eigenvalue weighted by atomic mass is 16.5. The van der Waals surface area contributed by atoms with Gasteiger partial charge in [-0.25, -0.2) is 0 Å². The third-order valence-electron chi connectivity index (χ3n) is 3.85. The van der Waals surface area contributed by atoms with Crippen LogP contribution in [0.15, 0.2) is 54.9 Å². The largest absolute Gasteiger partial charge is 0.497 e. The molecular formula is C21H22N2O3. The van der Waals surface area contributed by atoms with Crippen LogP contribution in [-0.2, 0) is 0 Å². The van der Waals surface area contributed by atoms with Gasteiger partial charge in [0.25, 0.3) is 0 Å². The second-order valence-electron chi connectivity index (χ2n) is 6.04. The Labute approximate surface area is 153 Å². The molecule has 0 aliphatic heterocycles. The monoisotopic (exact) mass is 350 g/mol. The van der Waals surface area contributed by atoms with Crippen molar-refractivity contribution in [1.82, 2.24) is 9.97 Å². The number of aromatic nitrogens is 2. The first kappa shape index (κ1) is 17.7. The van der Waals surface area contributed by atoms with Gasteiger partial charge in [0.1, 0.15) is 17.2 Å². The third-order valence-corrected chi connectivity index (χ3v) is 3.85. The molecule has 0 spiro atoms. The van der Waals surface area contributed by atoms with Gasteiger partial charge in [-0.2, -0.15) is 0 Å². The quantitative estimate of drug-likeness (QED) is 0.649. The first-order valence-corrected chi connectivity index (χ1v) is 8.42. The van der Waals surface area contributed by atoms with Gasteiger partial charge in [0.2, 0.25) is 0 Å². The second-order valence-corrected chi connectivity index (χ2v) is 6.04. The van der Waals surface area contributed by atoms with E-state index in [4.69, 9.17) is 14.2 Å². The fraction of sp³-hybridized carbons (Fsp3) is 0.238. The van der Waals surface area contributed by atoms with Crippen LogP contribution in [0.3, 0.4) is 0 Å². The number of pyridine rings is 2. The summed E-state index contributed by atoms with van der Waals surface area (Å²) in [5, 5.41) is 0. The summed E-state index contributed by atoms with van der Waals surface area (Å²) in [5.41, 5.74) is 3.45. The fourth-order valence-electron chi connectivity index (χ4n) is 2.63. The number of methoxy groups -OCH3 is 2. The SMILES string of the molecule is COc1ccnc(-c2ccc(OC(C)C)c(-c3cc(OC)ccn3)c2)c1. The van der Waals surface area contributed by atoms with E-state index in [1.165, 1.54) is 0 Å². The molecule has 26 heavy (non-hydrogen) atoms. The molecule has 0 fully saturated rings. The van der Waals surface area contributed by atoms with Gasteiger partial charge >= 0.3 is 0 Å². The smallest absolute Gasteiger partial charge is 0.129 e. The molecule has 0 atom stereocenters. The Kier molecular flexibility index (Phi) is 5.37. The highest BCUT2D eigenvalue weighted by molar-refractivity contribution is 5.75. The van der Waals surface area contributed by atoms with E-state index < -0.39 is 0 Å². The van der Waals surface area contributed by atoms with E-state index in [0.717, 1.165) is 39.8 Å². The zero-order chi connectivity index (χ0) is 18.5. The fourth-order valence-corrected chi connectivity index (χ4v) is 2.63.